The van der Waals surface area contributed by atoms with Gasteiger partial charge in [-0.25, -0.2) is 9.69 Å². The highest BCUT2D eigenvalue weighted by Crippen LogP contribution is 2.36. The van der Waals surface area contributed by atoms with Crippen molar-refractivity contribution >= 4 is 61.5 Å². The highest BCUT2D eigenvalue weighted by atomic mass is 79.9. The highest BCUT2D eigenvalue weighted by Gasteiger charge is 2.35. The van der Waals surface area contributed by atoms with Gasteiger partial charge in [0.2, 0.25) is 5.91 Å². The summed E-state index contributed by atoms with van der Waals surface area (Å²) < 4.78 is 13.4. The summed E-state index contributed by atoms with van der Waals surface area (Å²) in [6.45, 7) is 4.19. The summed E-state index contributed by atoms with van der Waals surface area (Å²) in [7, 11) is 0. The molecule has 1 aliphatic rings. The molecule has 0 radical (unpaired) electrons. The molecule has 2 N–H and O–H groups in total. The molecule has 0 atom stereocenters. The number of carbonyl (C=O) groups is 3. The zero-order chi connectivity index (χ0) is 27.9. The van der Waals surface area contributed by atoms with Crippen molar-refractivity contribution in [2.75, 3.05) is 18.5 Å². The van der Waals surface area contributed by atoms with E-state index in [1.807, 2.05) is 56.3 Å². The number of hydrogen-bond donors (Lipinski definition) is 2. The molecule has 0 aromatic heterocycles. The number of halogens is 2. The predicted molar refractivity (Wildman–Crippen MR) is 156 cm³/mol. The molecule has 202 valence electrons. The lowest BCUT2D eigenvalue weighted by molar-refractivity contribution is -0.127. The Morgan fingerprint density at radius 2 is 1.72 bits per heavy atom. The average molecular weight is 657 g/mol. The van der Waals surface area contributed by atoms with Gasteiger partial charge < -0.3 is 20.1 Å². The largest absolute Gasteiger partial charge is 0.490 e. The average Bonchev–Trinajstić information content (AvgIpc) is 3.18. The molecular weight excluding hydrogens is 630 g/mol. The van der Waals surface area contributed by atoms with Crippen molar-refractivity contribution in [2.24, 2.45) is 0 Å². The van der Waals surface area contributed by atoms with E-state index in [2.05, 4.69) is 42.5 Å². The van der Waals surface area contributed by atoms with E-state index in [-0.39, 0.29) is 5.70 Å². The monoisotopic (exact) mass is 655 g/mol. The summed E-state index contributed by atoms with van der Waals surface area (Å²) in [4.78, 5) is 39.1. The van der Waals surface area contributed by atoms with Gasteiger partial charge in [0, 0.05) is 14.6 Å². The van der Waals surface area contributed by atoms with Crippen LogP contribution in [-0.2, 0) is 22.6 Å². The van der Waals surface area contributed by atoms with Gasteiger partial charge in [-0.3, -0.25) is 9.59 Å². The van der Waals surface area contributed by atoms with Gasteiger partial charge >= 0.3 is 6.03 Å². The fourth-order valence-corrected chi connectivity index (χ4v) is 4.64. The van der Waals surface area contributed by atoms with Crippen molar-refractivity contribution in [3.63, 3.8) is 0 Å². The van der Waals surface area contributed by atoms with Gasteiger partial charge in [0.1, 0.15) is 18.8 Å². The minimum absolute atomic E-state index is 0.0495. The maximum atomic E-state index is 13.0. The fourth-order valence-electron chi connectivity index (χ4n) is 3.94. The molecule has 0 aliphatic carbocycles. The van der Waals surface area contributed by atoms with Crippen LogP contribution in [0.4, 0.5) is 10.5 Å². The number of urea groups is 1. The van der Waals surface area contributed by atoms with Crippen molar-refractivity contribution in [3.05, 3.63) is 92.0 Å². The van der Waals surface area contributed by atoms with Gasteiger partial charge in [-0.05, 0) is 66.4 Å². The number of benzene rings is 3. The molecule has 1 heterocycles. The molecule has 3 aromatic rings. The van der Waals surface area contributed by atoms with Crippen LogP contribution in [0.25, 0.3) is 6.08 Å². The Morgan fingerprint density at radius 1 is 1.00 bits per heavy atom. The van der Waals surface area contributed by atoms with Gasteiger partial charge in [0.15, 0.2) is 11.5 Å². The second-order valence-corrected chi connectivity index (χ2v) is 10.4. The van der Waals surface area contributed by atoms with Crippen LogP contribution in [0, 0.1) is 0 Å². The third-order valence-electron chi connectivity index (χ3n) is 5.91. The summed E-state index contributed by atoms with van der Waals surface area (Å²) in [5.74, 6) is -0.0411. The maximum absolute atomic E-state index is 13.0. The molecule has 39 heavy (non-hydrogen) atoms. The second-order valence-electron chi connectivity index (χ2n) is 8.61. The van der Waals surface area contributed by atoms with E-state index in [1.54, 1.807) is 18.2 Å². The van der Waals surface area contributed by atoms with E-state index < -0.39 is 24.4 Å². The van der Waals surface area contributed by atoms with Crippen LogP contribution in [0.5, 0.6) is 11.5 Å². The zero-order valence-electron chi connectivity index (χ0n) is 21.4. The van der Waals surface area contributed by atoms with Gasteiger partial charge in [0.25, 0.3) is 5.91 Å². The van der Waals surface area contributed by atoms with Crippen molar-refractivity contribution in [1.82, 2.24) is 10.2 Å². The number of para-hydroxylation sites is 1. The Hall–Kier alpha value is -3.63. The first-order valence-corrected chi connectivity index (χ1v) is 13.9. The van der Waals surface area contributed by atoms with Gasteiger partial charge in [0.05, 0.1) is 6.61 Å². The first-order valence-electron chi connectivity index (χ1n) is 12.3. The first kappa shape index (κ1) is 28.4. The first-order chi connectivity index (χ1) is 18.8. The number of aryl methyl sites for hydroxylation is 1. The van der Waals surface area contributed by atoms with Crippen LogP contribution >= 0.6 is 31.9 Å². The van der Waals surface area contributed by atoms with Crippen molar-refractivity contribution in [2.45, 2.75) is 26.9 Å². The standard InChI is InChI=1S/C29H27Br2N3O5/c1-3-19-7-5-6-8-23(19)32-27(35)16-34-28(36)24(33-29(34)37)13-20-14-25(38-4-2)26(15-22(20)31)39-17-18-9-11-21(30)12-10-18/h5-15H,3-4,16-17H2,1-2H3,(H,32,35)(H,33,37)/b24-13+. The minimum atomic E-state index is -0.666. The smallest absolute Gasteiger partial charge is 0.329 e. The summed E-state index contributed by atoms with van der Waals surface area (Å²) in [6, 6.07) is 18.0. The molecule has 4 rings (SSSR count). The number of imide groups is 1. The molecule has 0 saturated carbocycles. The Kier molecular flexibility index (Phi) is 9.42. The Bertz CT molecular complexity index is 1420. The quantitative estimate of drug-likeness (QED) is 0.198. The lowest BCUT2D eigenvalue weighted by Gasteiger charge is -2.14. The van der Waals surface area contributed by atoms with E-state index in [9.17, 15) is 14.4 Å². The van der Waals surface area contributed by atoms with Crippen molar-refractivity contribution in [1.29, 1.82) is 0 Å². The van der Waals surface area contributed by atoms with Crippen LogP contribution in [0.1, 0.15) is 30.5 Å². The summed E-state index contributed by atoms with van der Waals surface area (Å²) in [6.07, 6.45) is 2.27. The van der Waals surface area contributed by atoms with E-state index >= 15 is 0 Å². The molecule has 4 amide bonds. The SMILES string of the molecule is CCOc1cc(/C=C2/NC(=O)N(CC(=O)Nc3ccccc3CC)C2=O)c(Br)cc1OCc1ccc(Br)cc1. The topological polar surface area (TPSA) is 97.0 Å². The number of anilines is 1. The fraction of sp³-hybridized carbons (Fsp3) is 0.207. The molecule has 8 nitrogen and oxygen atoms in total. The predicted octanol–water partition coefficient (Wildman–Crippen LogP) is 6.28. The van der Waals surface area contributed by atoms with Crippen molar-refractivity contribution in [3.8, 4) is 11.5 Å². The minimum Gasteiger partial charge on any atom is -0.490 e. The number of rotatable bonds is 10. The van der Waals surface area contributed by atoms with Crippen LogP contribution in [0.2, 0.25) is 0 Å². The Balaban J connectivity index is 1.49. The van der Waals surface area contributed by atoms with E-state index in [0.717, 1.165) is 26.9 Å². The normalized spacial score (nSPS) is 13.9. The summed E-state index contributed by atoms with van der Waals surface area (Å²) >= 11 is 6.95. The van der Waals surface area contributed by atoms with E-state index in [1.165, 1.54) is 6.08 Å². The molecule has 10 heteroatoms. The highest BCUT2D eigenvalue weighted by molar-refractivity contribution is 9.10. The number of nitrogens with one attached hydrogen (secondary N) is 2. The van der Waals surface area contributed by atoms with Gasteiger partial charge in [-0.15, -0.1) is 0 Å². The lowest BCUT2D eigenvalue weighted by Crippen LogP contribution is -2.38. The number of hydrogen-bond acceptors (Lipinski definition) is 5. The number of amides is 4. The molecule has 1 saturated heterocycles. The third kappa shape index (κ3) is 7.07. The molecule has 1 fully saturated rings. The van der Waals surface area contributed by atoms with Crippen LogP contribution in [0.3, 0.4) is 0 Å². The van der Waals surface area contributed by atoms with Crippen LogP contribution < -0.4 is 20.1 Å². The molecule has 3 aromatic carbocycles. The molecule has 0 bridgehead atoms. The third-order valence-corrected chi connectivity index (χ3v) is 7.12. The molecular formula is C29H27Br2N3O5. The number of nitrogens with zero attached hydrogens (tertiary/aromatic N) is 1. The second kappa shape index (κ2) is 12.9. The van der Waals surface area contributed by atoms with Crippen molar-refractivity contribution < 1.29 is 23.9 Å². The summed E-state index contributed by atoms with van der Waals surface area (Å²) in [5, 5.41) is 5.35. The Labute approximate surface area is 243 Å². The number of carbonyl (C=O) groups excluding carboxylic acids is 3. The van der Waals surface area contributed by atoms with E-state index in [4.69, 9.17) is 9.47 Å². The summed E-state index contributed by atoms with van der Waals surface area (Å²) in [5.41, 5.74) is 3.25. The van der Waals surface area contributed by atoms with E-state index in [0.29, 0.717) is 40.4 Å². The molecule has 1 aliphatic heterocycles. The molecule has 0 spiro atoms. The lowest BCUT2D eigenvalue weighted by atomic mass is 10.1. The maximum Gasteiger partial charge on any atom is 0.329 e. The van der Waals surface area contributed by atoms with Crippen LogP contribution in [0.15, 0.2) is 75.3 Å². The zero-order valence-corrected chi connectivity index (χ0v) is 24.6. The Morgan fingerprint density at radius 3 is 2.44 bits per heavy atom. The van der Waals surface area contributed by atoms with Gasteiger partial charge in [-0.1, -0.05) is 69.1 Å². The van der Waals surface area contributed by atoms with Gasteiger partial charge in [-0.2, -0.15) is 0 Å². The molecule has 0 unspecified atom stereocenters. The number of ether oxygens (including phenoxy) is 2. The van der Waals surface area contributed by atoms with Crippen LogP contribution in [-0.4, -0.2) is 35.9 Å².